The van der Waals surface area contributed by atoms with E-state index in [0.29, 0.717) is 26.1 Å². The second-order valence-corrected chi connectivity index (χ2v) is 9.22. The Hall–Kier alpha value is -2.67. The zero-order valence-electron chi connectivity index (χ0n) is 19.3. The van der Waals surface area contributed by atoms with E-state index in [1.165, 1.54) is 10.5 Å². The number of amides is 2. The number of hydrogen-bond acceptors (Lipinski definition) is 4. The summed E-state index contributed by atoms with van der Waals surface area (Å²) in [6.45, 7) is 4.57. The average Bonchev–Trinajstić information content (AvgIpc) is 3.46. The molecule has 4 rings (SSSR count). The van der Waals surface area contributed by atoms with Gasteiger partial charge in [0, 0.05) is 19.6 Å². The number of benzene rings is 1. The molecule has 1 heterocycles. The molecule has 0 radical (unpaired) electrons. The van der Waals surface area contributed by atoms with Gasteiger partial charge in [0.05, 0.1) is 24.4 Å². The minimum atomic E-state index is -0.106. The summed E-state index contributed by atoms with van der Waals surface area (Å²) in [6.07, 6.45) is 5.96. The van der Waals surface area contributed by atoms with Gasteiger partial charge >= 0.3 is 0 Å². The maximum absolute atomic E-state index is 12.8. The molecule has 5 atom stereocenters. The standard InChI is InChI=1S/C25H35N5O2/c1-4-26-25(28-16-20(29(2)3)17-9-6-5-7-10-17)27-13-8-14-30-23(31)21-18-11-12-19(15-18)22(21)24(30)32/h5-7,9-12,18-22H,4,8,13-16H2,1-3H3,(H2,26,27,28). The van der Waals surface area contributed by atoms with Crippen molar-refractivity contribution in [2.75, 3.05) is 40.3 Å². The largest absolute Gasteiger partial charge is 0.357 e. The van der Waals surface area contributed by atoms with E-state index in [1.807, 2.05) is 13.0 Å². The van der Waals surface area contributed by atoms with E-state index in [4.69, 9.17) is 4.99 Å². The fourth-order valence-electron chi connectivity index (χ4n) is 5.39. The molecule has 7 heteroatoms. The Morgan fingerprint density at radius 1 is 1.09 bits per heavy atom. The number of carbonyl (C=O) groups is 2. The van der Waals surface area contributed by atoms with E-state index < -0.39 is 0 Å². The molecule has 172 valence electrons. The fourth-order valence-corrected chi connectivity index (χ4v) is 5.39. The first-order chi connectivity index (χ1) is 15.5. The molecule has 2 amide bonds. The van der Waals surface area contributed by atoms with Crippen LogP contribution in [0.4, 0.5) is 0 Å². The van der Waals surface area contributed by atoms with Crippen LogP contribution in [0.15, 0.2) is 47.5 Å². The Morgan fingerprint density at radius 3 is 2.34 bits per heavy atom. The zero-order chi connectivity index (χ0) is 22.7. The van der Waals surface area contributed by atoms with Gasteiger partial charge < -0.3 is 15.5 Å². The van der Waals surface area contributed by atoms with Crippen LogP contribution in [0.25, 0.3) is 0 Å². The number of likely N-dealkylation sites (N-methyl/N-ethyl adjacent to an activating group) is 1. The normalized spacial score (nSPS) is 27.4. The molecular weight excluding hydrogens is 402 g/mol. The molecule has 1 aliphatic heterocycles. The van der Waals surface area contributed by atoms with Gasteiger partial charge in [0.2, 0.25) is 11.8 Å². The number of allylic oxidation sites excluding steroid dienone is 2. The molecule has 0 aromatic heterocycles. The fraction of sp³-hybridized carbons (Fsp3) is 0.560. The maximum Gasteiger partial charge on any atom is 0.233 e. The van der Waals surface area contributed by atoms with Crippen molar-refractivity contribution in [2.24, 2.45) is 28.7 Å². The smallest absolute Gasteiger partial charge is 0.233 e. The van der Waals surface area contributed by atoms with Crippen LogP contribution in [0.1, 0.15) is 31.4 Å². The molecule has 3 aliphatic rings. The van der Waals surface area contributed by atoms with Crippen LogP contribution in [-0.2, 0) is 9.59 Å². The van der Waals surface area contributed by atoms with Crippen LogP contribution in [0, 0.1) is 23.7 Å². The third-order valence-electron chi connectivity index (χ3n) is 6.99. The molecule has 1 saturated carbocycles. The van der Waals surface area contributed by atoms with E-state index >= 15 is 0 Å². The minimum absolute atomic E-state index is 0.0362. The third kappa shape index (κ3) is 4.44. The van der Waals surface area contributed by atoms with Crippen molar-refractivity contribution in [1.82, 2.24) is 20.4 Å². The van der Waals surface area contributed by atoms with E-state index in [9.17, 15) is 9.59 Å². The Balaban J connectivity index is 1.29. The quantitative estimate of drug-likeness (QED) is 0.203. The lowest BCUT2D eigenvalue weighted by Gasteiger charge is -2.24. The number of carbonyl (C=O) groups excluding carboxylic acids is 2. The number of rotatable bonds is 9. The number of imide groups is 1. The summed E-state index contributed by atoms with van der Waals surface area (Å²) in [5.74, 6) is 1.16. The second kappa shape index (κ2) is 9.86. The van der Waals surface area contributed by atoms with Crippen LogP contribution in [0.3, 0.4) is 0 Å². The molecular formula is C25H35N5O2. The summed E-state index contributed by atoms with van der Waals surface area (Å²) in [5.41, 5.74) is 1.23. The van der Waals surface area contributed by atoms with Crippen molar-refractivity contribution in [3.05, 3.63) is 48.0 Å². The van der Waals surface area contributed by atoms with Gasteiger partial charge in [-0.25, -0.2) is 0 Å². The van der Waals surface area contributed by atoms with Crippen LogP contribution >= 0.6 is 0 Å². The molecule has 32 heavy (non-hydrogen) atoms. The molecule has 1 aromatic carbocycles. The van der Waals surface area contributed by atoms with Crippen LogP contribution in [0.5, 0.6) is 0 Å². The van der Waals surface area contributed by atoms with Gasteiger partial charge in [0.1, 0.15) is 0 Å². The predicted octanol–water partition coefficient (Wildman–Crippen LogP) is 2.04. The molecule has 1 aromatic rings. The first-order valence-corrected chi connectivity index (χ1v) is 11.8. The topological polar surface area (TPSA) is 77.0 Å². The molecule has 2 N–H and O–H groups in total. The summed E-state index contributed by atoms with van der Waals surface area (Å²) < 4.78 is 0. The van der Waals surface area contributed by atoms with Gasteiger partial charge in [0.15, 0.2) is 5.96 Å². The van der Waals surface area contributed by atoms with E-state index in [1.54, 1.807) is 0 Å². The highest BCUT2D eigenvalue weighted by Crippen LogP contribution is 2.52. The van der Waals surface area contributed by atoms with Gasteiger partial charge in [-0.05, 0) is 51.3 Å². The predicted molar refractivity (Wildman–Crippen MR) is 126 cm³/mol. The van der Waals surface area contributed by atoms with Gasteiger partial charge in [-0.15, -0.1) is 0 Å². The summed E-state index contributed by atoms with van der Waals surface area (Å²) in [5, 5.41) is 6.65. The lowest BCUT2D eigenvalue weighted by Crippen LogP contribution is -2.40. The first-order valence-electron chi connectivity index (χ1n) is 11.8. The minimum Gasteiger partial charge on any atom is -0.357 e. The highest BCUT2D eigenvalue weighted by atomic mass is 16.2. The average molecular weight is 438 g/mol. The number of likely N-dealkylation sites (tertiary alicyclic amines) is 1. The molecule has 2 aliphatic carbocycles. The van der Waals surface area contributed by atoms with Gasteiger partial charge in [-0.2, -0.15) is 0 Å². The van der Waals surface area contributed by atoms with Crippen molar-refractivity contribution < 1.29 is 9.59 Å². The van der Waals surface area contributed by atoms with Gasteiger partial charge in [-0.3, -0.25) is 19.5 Å². The molecule has 0 spiro atoms. The summed E-state index contributed by atoms with van der Waals surface area (Å²) >= 11 is 0. The number of guanidine groups is 1. The second-order valence-electron chi connectivity index (χ2n) is 9.22. The van der Waals surface area contributed by atoms with Crippen molar-refractivity contribution >= 4 is 17.8 Å². The van der Waals surface area contributed by atoms with Crippen molar-refractivity contribution in [1.29, 1.82) is 0 Å². The molecule has 2 fully saturated rings. The lowest BCUT2D eigenvalue weighted by atomic mass is 9.85. The lowest BCUT2D eigenvalue weighted by molar-refractivity contribution is -0.140. The summed E-state index contributed by atoms with van der Waals surface area (Å²) in [6, 6.07) is 10.6. The number of nitrogens with one attached hydrogen (secondary N) is 2. The van der Waals surface area contributed by atoms with Gasteiger partial charge in [0.25, 0.3) is 0 Å². The monoisotopic (exact) mass is 437 g/mol. The van der Waals surface area contributed by atoms with E-state index in [0.717, 1.165) is 18.9 Å². The van der Waals surface area contributed by atoms with Crippen molar-refractivity contribution in [3.8, 4) is 0 Å². The maximum atomic E-state index is 12.8. The molecule has 7 nitrogen and oxygen atoms in total. The van der Waals surface area contributed by atoms with Crippen molar-refractivity contribution in [2.45, 2.75) is 25.8 Å². The Bertz CT molecular complexity index is 852. The number of fused-ring (bicyclic) bond motifs is 5. The van der Waals surface area contributed by atoms with E-state index in [2.05, 4.69) is 66.0 Å². The van der Waals surface area contributed by atoms with E-state index in [-0.39, 0.29) is 41.5 Å². The Morgan fingerprint density at radius 2 is 1.75 bits per heavy atom. The van der Waals surface area contributed by atoms with Gasteiger partial charge in [-0.1, -0.05) is 42.5 Å². The number of aliphatic imine (C=N–C) groups is 1. The molecule has 1 saturated heterocycles. The van der Waals surface area contributed by atoms with Crippen molar-refractivity contribution in [3.63, 3.8) is 0 Å². The Kier molecular flexibility index (Phi) is 6.94. The van der Waals surface area contributed by atoms with Crippen LogP contribution in [0.2, 0.25) is 0 Å². The highest BCUT2D eigenvalue weighted by Gasteiger charge is 2.58. The molecule has 2 bridgehead atoms. The summed E-state index contributed by atoms with van der Waals surface area (Å²) in [4.78, 5) is 34.1. The third-order valence-corrected chi connectivity index (χ3v) is 6.99. The number of hydrogen-bond donors (Lipinski definition) is 2. The summed E-state index contributed by atoms with van der Waals surface area (Å²) in [7, 11) is 4.13. The highest BCUT2D eigenvalue weighted by molar-refractivity contribution is 6.06. The zero-order valence-corrected chi connectivity index (χ0v) is 19.3. The van der Waals surface area contributed by atoms with Crippen LogP contribution in [-0.4, -0.2) is 67.8 Å². The first kappa shape index (κ1) is 22.5. The molecule has 5 unspecified atom stereocenters. The van der Waals surface area contributed by atoms with Crippen LogP contribution < -0.4 is 10.6 Å². The SMILES string of the molecule is CCNC(=NCC(c1ccccc1)N(C)C)NCCCN1C(=O)C2C3C=CC(C3)C2C1=O. The Labute approximate surface area is 190 Å². The number of nitrogens with zero attached hydrogens (tertiary/aromatic N) is 3.